The van der Waals surface area contributed by atoms with Crippen LogP contribution in [-0.4, -0.2) is 201 Å². The van der Waals surface area contributed by atoms with Gasteiger partial charge in [-0.05, 0) is 81.1 Å². The standard InChI is InChI=1S/C60H111N19O13/c61-52(81)45(19-10-23-69-58(62)63)74-56(85)49(40-43-15-6-2-7-16-43)77-54(83)47(21-12-25-71-60(66)67)76-57(86)50(41-44-17-8-3-9-18-44)78-53(82)46(20-11-24-70-59(64)65)75-55(84)48(39-42-13-4-1-5-14-42)73-51(80)22-27-87-29-31-89-33-35-91-37-38-92-36-34-90-32-30-88-28-26-72-79-68/h42-50H,1-41H2,(H2,61,81)(H,73,80)(H,74,85)(H,75,84)(H,76,86)(H,77,83)(H,78,82)(H4,62,63,69)(H4,64,65,70)(H4,66,67,71)/t45-,46-,47-,48+,49+,50+/m1/s1. The number of hydrogen-bond acceptors (Lipinski definition) is 17. The van der Waals surface area contributed by atoms with E-state index in [-0.39, 0.29) is 133 Å². The predicted octanol–water partition coefficient (Wildman–Crippen LogP) is 0.252. The van der Waals surface area contributed by atoms with Gasteiger partial charge in [-0.3, -0.25) is 48.5 Å². The second-order valence-electron chi connectivity index (χ2n) is 23.8. The first-order chi connectivity index (χ1) is 44.4. The summed E-state index contributed by atoms with van der Waals surface area (Å²) in [5, 5.41) is 20.7. The van der Waals surface area contributed by atoms with Crippen LogP contribution in [0.25, 0.3) is 10.4 Å². The van der Waals surface area contributed by atoms with Crippen molar-refractivity contribution in [2.75, 3.05) is 105 Å². The molecule has 0 unspecified atom stereocenters. The lowest BCUT2D eigenvalue weighted by atomic mass is 9.84. The molecule has 32 nitrogen and oxygen atoms in total. The number of azide groups is 1. The summed E-state index contributed by atoms with van der Waals surface area (Å²) in [5.74, 6) is -4.60. The molecular weight excluding hydrogens is 1190 g/mol. The highest BCUT2D eigenvalue weighted by Gasteiger charge is 2.36. The summed E-state index contributed by atoms with van der Waals surface area (Å²) in [6.07, 6.45) is 15.7. The van der Waals surface area contributed by atoms with Gasteiger partial charge in [0.2, 0.25) is 41.4 Å². The van der Waals surface area contributed by atoms with Crippen LogP contribution in [0, 0.1) is 17.8 Å². The molecule has 7 amide bonds. The second kappa shape index (κ2) is 49.8. The van der Waals surface area contributed by atoms with Crippen molar-refractivity contribution in [1.82, 2.24) is 31.9 Å². The van der Waals surface area contributed by atoms with Crippen molar-refractivity contribution in [1.29, 1.82) is 0 Å². The second-order valence-corrected chi connectivity index (χ2v) is 23.8. The van der Waals surface area contributed by atoms with E-state index in [1.165, 1.54) is 0 Å². The van der Waals surface area contributed by atoms with Crippen LogP contribution in [0.5, 0.6) is 0 Å². The van der Waals surface area contributed by atoms with E-state index in [9.17, 15) is 33.6 Å². The minimum atomic E-state index is -1.25. The van der Waals surface area contributed by atoms with E-state index >= 15 is 0 Å². The lowest BCUT2D eigenvalue weighted by Crippen LogP contribution is -2.60. The molecule has 0 aromatic carbocycles. The maximum Gasteiger partial charge on any atom is 0.243 e. The van der Waals surface area contributed by atoms with E-state index < -0.39 is 77.6 Å². The van der Waals surface area contributed by atoms with Gasteiger partial charge in [-0.2, -0.15) is 0 Å². The van der Waals surface area contributed by atoms with Crippen molar-refractivity contribution in [2.24, 2.45) is 78.0 Å². The molecule has 0 aromatic heterocycles. The number of hydrogen-bond donors (Lipinski definition) is 13. The van der Waals surface area contributed by atoms with Gasteiger partial charge in [0.25, 0.3) is 0 Å². The number of guanidine groups is 3. The number of amides is 7. The predicted molar refractivity (Wildman–Crippen MR) is 348 cm³/mol. The van der Waals surface area contributed by atoms with Gasteiger partial charge in [0.1, 0.15) is 36.3 Å². The molecule has 3 aliphatic carbocycles. The normalized spacial score (nSPS) is 16.6. The molecule has 3 rings (SSSR count). The highest BCUT2D eigenvalue weighted by molar-refractivity contribution is 5.97. The van der Waals surface area contributed by atoms with Gasteiger partial charge in [0.05, 0.1) is 79.3 Å². The minimum absolute atomic E-state index is 0.0267. The maximum atomic E-state index is 14.9. The first-order valence-electron chi connectivity index (χ1n) is 33.2. The maximum absolute atomic E-state index is 14.9. The van der Waals surface area contributed by atoms with Crippen LogP contribution in [0.1, 0.15) is 161 Å². The fourth-order valence-electron chi connectivity index (χ4n) is 11.4. The molecule has 0 spiro atoms. The average molecular weight is 1310 g/mol. The van der Waals surface area contributed by atoms with Crippen LogP contribution in [-0.2, 0) is 62.0 Å². The summed E-state index contributed by atoms with van der Waals surface area (Å²) in [5.41, 5.74) is 47.5. The molecule has 0 heterocycles. The van der Waals surface area contributed by atoms with E-state index in [4.69, 9.17) is 74.1 Å². The largest absolute Gasteiger partial charge is 0.379 e. The molecule has 0 bridgehead atoms. The van der Waals surface area contributed by atoms with E-state index in [1.807, 2.05) is 0 Å². The Morgan fingerprint density at radius 1 is 0.370 bits per heavy atom. The van der Waals surface area contributed by atoms with Crippen LogP contribution < -0.4 is 72.0 Å². The van der Waals surface area contributed by atoms with Crippen molar-refractivity contribution in [3.8, 4) is 0 Å². The summed E-state index contributed by atoms with van der Waals surface area (Å²) in [4.78, 5) is 114. The first-order valence-corrected chi connectivity index (χ1v) is 33.2. The number of nitrogens with two attached hydrogens (primary N) is 7. The van der Waals surface area contributed by atoms with Gasteiger partial charge < -0.3 is 100 Å². The van der Waals surface area contributed by atoms with Crippen molar-refractivity contribution in [3.63, 3.8) is 0 Å². The summed E-state index contributed by atoms with van der Waals surface area (Å²) in [6, 6.07) is -6.87. The molecule has 3 aliphatic rings. The molecule has 6 atom stereocenters. The number of nitrogens with one attached hydrogen (secondary N) is 6. The lowest BCUT2D eigenvalue weighted by molar-refractivity contribution is -0.136. The number of carbonyl (C=O) groups excluding carboxylic acids is 7. The van der Waals surface area contributed by atoms with Crippen LogP contribution in [0.4, 0.5) is 0 Å². The average Bonchev–Trinajstić information content (AvgIpc) is 1.14. The molecule has 92 heavy (non-hydrogen) atoms. The Morgan fingerprint density at radius 2 is 0.652 bits per heavy atom. The highest BCUT2D eigenvalue weighted by Crippen LogP contribution is 2.30. The summed E-state index contributed by atoms with van der Waals surface area (Å²) in [7, 11) is 0. The fraction of sp³-hybridized carbons (Fsp3) is 0.833. The van der Waals surface area contributed by atoms with Gasteiger partial charge in [0, 0.05) is 37.5 Å². The van der Waals surface area contributed by atoms with Gasteiger partial charge in [-0.25, -0.2) is 0 Å². The summed E-state index contributed by atoms with van der Waals surface area (Å²) in [6.45, 7) is 4.64. The Kier molecular flexibility index (Phi) is 42.9. The number of rotatable bonds is 51. The quantitative estimate of drug-likeness (QED) is 0.00969. The number of carbonyl (C=O) groups is 7. The zero-order valence-electron chi connectivity index (χ0n) is 54.2. The monoisotopic (exact) mass is 1310 g/mol. The third kappa shape index (κ3) is 38.2. The van der Waals surface area contributed by atoms with E-state index in [0.717, 1.165) is 96.3 Å². The third-order valence-corrected chi connectivity index (χ3v) is 16.3. The molecule has 20 N–H and O–H groups in total. The number of aliphatic imine (C=N–C) groups is 3. The first kappa shape index (κ1) is 79.4. The van der Waals surface area contributed by atoms with Crippen molar-refractivity contribution >= 4 is 59.2 Å². The molecule has 32 heteroatoms. The number of ether oxygens (including phenoxy) is 6. The number of primary amides is 1. The minimum Gasteiger partial charge on any atom is -0.379 e. The molecule has 3 fully saturated rings. The fourth-order valence-corrected chi connectivity index (χ4v) is 11.4. The van der Waals surface area contributed by atoms with Gasteiger partial charge >= 0.3 is 0 Å². The van der Waals surface area contributed by atoms with Crippen LogP contribution in [0.15, 0.2) is 20.1 Å². The smallest absolute Gasteiger partial charge is 0.243 e. The molecular formula is C60H111N19O13. The lowest BCUT2D eigenvalue weighted by Gasteiger charge is -2.31. The molecule has 0 aliphatic heterocycles. The van der Waals surface area contributed by atoms with Crippen LogP contribution in [0.3, 0.4) is 0 Å². The van der Waals surface area contributed by atoms with E-state index in [0.29, 0.717) is 72.3 Å². The Bertz CT molecular complexity index is 2270. The Hall–Kier alpha value is -6.83. The van der Waals surface area contributed by atoms with Crippen molar-refractivity contribution in [2.45, 2.75) is 197 Å². The van der Waals surface area contributed by atoms with Gasteiger partial charge in [-0.15, -0.1) is 0 Å². The zero-order valence-corrected chi connectivity index (χ0v) is 54.2. The molecule has 0 aromatic rings. The topological polar surface area (TPSA) is 515 Å². The summed E-state index contributed by atoms with van der Waals surface area (Å²) < 4.78 is 33.0. The Labute approximate surface area is 542 Å². The zero-order chi connectivity index (χ0) is 67.0. The SMILES string of the molecule is [N-]=[N+]=NCCOCCOCCOCCOCCOCCOCCC(=O)N[C@@H](CC1CCCCC1)C(=O)N[C@H](CCCN=C(N)N)C(=O)N[C@@H](CC1CCCCC1)C(=O)N[C@H](CCCN=C(N)N)C(=O)N[C@@H](CC1CCCCC1)C(=O)N[C@H](CCCN=C(N)N)C(N)=O. The molecule has 3 saturated carbocycles. The Morgan fingerprint density at radius 3 is 0.978 bits per heavy atom. The molecule has 0 saturated heterocycles. The van der Waals surface area contributed by atoms with Gasteiger partial charge in [-0.1, -0.05) is 101 Å². The Balaban J connectivity index is 1.74. The third-order valence-electron chi connectivity index (χ3n) is 16.3. The van der Waals surface area contributed by atoms with Crippen molar-refractivity contribution < 1.29 is 62.0 Å². The van der Waals surface area contributed by atoms with Gasteiger partial charge in [0.15, 0.2) is 17.9 Å². The van der Waals surface area contributed by atoms with E-state index in [1.54, 1.807) is 0 Å². The number of nitrogens with zero attached hydrogens (tertiary/aromatic N) is 6. The van der Waals surface area contributed by atoms with E-state index in [2.05, 4.69) is 56.9 Å². The molecule has 524 valence electrons. The molecule has 0 radical (unpaired) electrons. The van der Waals surface area contributed by atoms with Crippen molar-refractivity contribution in [3.05, 3.63) is 10.4 Å². The van der Waals surface area contributed by atoms with Crippen LogP contribution >= 0.6 is 0 Å². The highest BCUT2D eigenvalue weighted by atomic mass is 16.6. The van der Waals surface area contributed by atoms with Crippen LogP contribution in [0.2, 0.25) is 0 Å². The summed E-state index contributed by atoms with van der Waals surface area (Å²) >= 11 is 0.